The van der Waals surface area contributed by atoms with Crippen molar-refractivity contribution >= 4 is 33.8 Å². The molecule has 1 fully saturated rings. The zero-order valence-corrected chi connectivity index (χ0v) is 18.4. The third-order valence-corrected chi connectivity index (χ3v) is 6.03. The molecule has 1 aliphatic heterocycles. The van der Waals surface area contributed by atoms with Gasteiger partial charge in [-0.2, -0.15) is 5.10 Å². The number of aromatic nitrogens is 4. The van der Waals surface area contributed by atoms with Crippen molar-refractivity contribution in [2.45, 2.75) is 26.8 Å². The van der Waals surface area contributed by atoms with Gasteiger partial charge in [-0.25, -0.2) is 14.6 Å². The van der Waals surface area contributed by atoms with Crippen LogP contribution in [0.1, 0.15) is 24.7 Å². The number of piperazine rings is 1. The smallest absolute Gasteiger partial charge is 0.293 e. The summed E-state index contributed by atoms with van der Waals surface area (Å²) < 4.78 is 1.76. The van der Waals surface area contributed by atoms with Crippen LogP contribution in [-0.4, -0.2) is 62.5 Å². The van der Waals surface area contributed by atoms with Gasteiger partial charge < -0.3 is 4.90 Å². The number of rotatable bonds is 7. The number of thiazole rings is 1. The Balaban J connectivity index is 1.31. The van der Waals surface area contributed by atoms with Crippen molar-refractivity contribution in [1.29, 1.82) is 0 Å². The van der Waals surface area contributed by atoms with E-state index < -0.39 is 11.7 Å². The standard InChI is InChI=1S/C21H25N7O2S/c1-3-18(29)20(30)25-21-24-16(14-31-21)13-26-9-11-27(12-10-26)17-5-6-19(23-15(17)2)28-8-4-7-22-28/h4-8,14H,3,9-13H2,1-2H3,(H,24,25,30). The van der Waals surface area contributed by atoms with Gasteiger partial charge in [0.15, 0.2) is 10.9 Å². The Labute approximate surface area is 184 Å². The number of hydrogen-bond acceptors (Lipinski definition) is 8. The number of nitrogens with zero attached hydrogens (tertiary/aromatic N) is 6. The third-order valence-electron chi connectivity index (χ3n) is 5.23. The van der Waals surface area contributed by atoms with E-state index in [-0.39, 0.29) is 6.42 Å². The van der Waals surface area contributed by atoms with E-state index in [0.29, 0.717) is 5.13 Å². The Hall–Kier alpha value is -3.11. The van der Waals surface area contributed by atoms with Crippen molar-refractivity contribution in [2.24, 2.45) is 0 Å². The highest BCUT2D eigenvalue weighted by atomic mass is 32.1. The van der Waals surface area contributed by atoms with Crippen LogP contribution in [0, 0.1) is 6.92 Å². The molecule has 9 nitrogen and oxygen atoms in total. The van der Waals surface area contributed by atoms with E-state index in [9.17, 15) is 9.59 Å². The molecule has 1 saturated heterocycles. The molecule has 0 bridgehead atoms. The molecule has 0 radical (unpaired) electrons. The second-order valence-corrected chi connectivity index (χ2v) is 8.22. The molecule has 4 heterocycles. The van der Waals surface area contributed by atoms with E-state index in [2.05, 4.69) is 31.3 Å². The van der Waals surface area contributed by atoms with Crippen LogP contribution in [0.2, 0.25) is 0 Å². The minimum absolute atomic E-state index is 0.190. The van der Waals surface area contributed by atoms with Gasteiger partial charge in [0.25, 0.3) is 5.91 Å². The molecule has 3 aromatic rings. The normalized spacial score (nSPS) is 14.6. The summed E-state index contributed by atoms with van der Waals surface area (Å²) in [6, 6.07) is 5.99. The molecule has 0 unspecified atom stereocenters. The lowest BCUT2D eigenvalue weighted by molar-refractivity contribution is -0.134. The summed E-state index contributed by atoms with van der Waals surface area (Å²) in [5, 5.41) is 9.22. The highest BCUT2D eigenvalue weighted by molar-refractivity contribution is 7.14. The SMILES string of the molecule is CCC(=O)C(=O)Nc1nc(CN2CCN(c3ccc(-n4cccn4)nc3C)CC2)cs1. The summed E-state index contributed by atoms with van der Waals surface area (Å²) in [6.45, 7) is 8.05. The largest absolute Gasteiger partial charge is 0.368 e. The Bertz CT molecular complexity index is 1060. The van der Waals surface area contributed by atoms with Gasteiger partial charge in [-0.05, 0) is 25.1 Å². The maximum absolute atomic E-state index is 11.7. The van der Waals surface area contributed by atoms with Gasteiger partial charge in [0.1, 0.15) is 0 Å². The van der Waals surface area contributed by atoms with E-state index >= 15 is 0 Å². The first-order valence-electron chi connectivity index (χ1n) is 10.3. The van der Waals surface area contributed by atoms with Crippen LogP contribution in [0.15, 0.2) is 36.0 Å². The predicted octanol–water partition coefficient (Wildman–Crippen LogP) is 2.27. The Morgan fingerprint density at radius 2 is 1.97 bits per heavy atom. The molecule has 0 spiro atoms. The predicted molar refractivity (Wildman–Crippen MR) is 120 cm³/mol. The molecule has 0 aromatic carbocycles. The van der Waals surface area contributed by atoms with Crippen molar-refractivity contribution in [3.05, 3.63) is 47.4 Å². The minimum atomic E-state index is -0.598. The van der Waals surface area contributed by atoms with Crippen LogP contribution in [0.5, 0.6) is 0 Å². The average molecular weight is 440 g/mol. The van der Waals surface area contributed by atoms with Gasteiger partial charge in [-0.3, -0.25) is 19.8 Å². The molecule has 31 heavy (non-hydrogen) atoms. The van der Waals surface area contributed by atoms with Gasteiger partial charge in [0.2, 0.25) is 5.78 Å². The molecule has 0 aliphatic carbocycles. The number of nitrogens with one attached hydrogen (secondary N) is 1. The second kappa shape index (κ2) is 9.36. The first-order chi connectivity index (χ1) is 15.0. The number of aryl methyl sites for hydroxylation is 1. The van der Waals surface area contributed by atoms with E-state index in [0.717, 1.165) is 55.6 Å². The quantitative estimate of drug-likeness (QED) is 0.564. The first kappa shape index (κ1) is 21.1. The van der Waals surface area contributed by atoms with Crippen molar-refractivity contribution in [1.82, 2.24) is 24.6 Å². The van der Waals surface area contributed by atoms with E-state index in [4.69, 9.17) is 4.98 Å². The van der Waals surface area contributed by atoms with E-state index in [1.54, 1.807) is 17.8 Å². The molecule has 1 aliphatic rings. The maximum Gasteiger partial charge on any atom is 0.293 e. The molecule has 10 heteroatoms. The number of carbonyl (C=O) groups excluding carboxylic acids is 2. The summed E-state index contributed by atoms with van der Waals surface area (Å²) in [6.07, 6.45) is 3.82. The van der Waals surface area contributed by atoms with Crippen LogP contribution in [0.3, 0.4) is 0 Å². The molecule has 0 saturated carbocycles. The van der Waals surface area contributed by atoms with Crippen molar-refractivity contribution in [3.63, 3.8) is 0 Å². The second-order valence-electron chi connectivity index (χ2n) is 7.36. The number of Topliss-reactive ketones (excluding diaryl/α,β-unsaturated/α-hetero) is 1. The molecule has 0 atom stereocenters. The van der Waals surface area contributed by atoms with Crippen molar-refractivity contribution in [2.75, 3.05) is 36.4 Å². The fourth-order valence-corrected chi connectivity index (χ4v) is 4.24. The topological polar surface area (TPSA) is 96.2 Å². The number of carbonyl (C=O) groups is 2. The average Bonchev–Trinajstić information content (AvgIpc) is 3.46. The summed E-state index contributed by atoms with van der Waals surface area (Å²) >= 11 is 1.35. The van der Waals surface area contributed by atoms with E-state index in [1.165, 1.54) is 11.3 Å². The van der Waals surface area contributed by atoms with Crippen molar-refractivity contribution < 1.29 is 9.59 Å². The monoisotopic (exact) mass is 439 g/mol. The molecular weight excluding hydrogens is 414 g/mol. The zero-order valence-electron chi connectivity index (χ0n) is 17.6. The number of anilines is 2. The lowest BCUT2D eigenvalue weighted by Gasteiger charge is -2.36. The lowest BCUT2D eigenvalue weighted by atomic mass is 10.2. The minimum Gasteiger partial charge on any atom is -0.368 e. The molecule has 1 N–H and O–H groups in total. The van der Waals surface area contributed by atoms with Gasteiger partial charge in [-0.1, -0.05) is 6.92 Å². The zero-order chi connectivity index (χ0) is 21.8. The van der Waals surface area contributed by atoms with Gasteiger partial charge in [0, 0.05) is 56.9 Å². The molecule has 3 aromatic heterocycles. The Morgan fingerprint density at radius 3 is 2.65 bits per heavy atom. The summed E-state index contributed by atoms with van der Waals surface area (Å²) in [5.74, 6) is -0.216. The summed E-state index contributed by atoms with van der Waals surface area (Å²) in [7, 11) is 0. The number of ketones is 1. The lowest BCUT2D eigenvalue weighted by Crippen LogP contribution is -2.46. The fourth-order valence-electron chi connectivity index (χ4n) is 3.55. The van der Waals surface area contributed by atoms with Gasteiger partial charge >= 0.3 is 0 Å². The van der Waals surface area contributed by atoms with Gasteiger partial charge in [-0.15, -0.1) is 11.3 Å². The molecule has 162 valence electrons. The fraction of sp³-hybridized carbons (Fsp3) is 0.381. The van der Waals surface area contributed by atoms with Crippen molar-refractivity contribution in [3.8, 4) is 5.82 Å². The summed E-state index contributed by atoms with van der Waals surface area (Å²) in [4.78, 5) is 37.0. The number of pyridine rings is 1. The Kier molecular flexibility index (Phi) is 6.38. The van der Waals surface area contributed by atoms with Crippen LogP contribution in [-0.2, 0) is 16.1 Å². The highest BCUT2D eigenvalue weighted by Gasteiger charge is 2.20. The van der Waals surface area contributed by atoms with Crippen LogP contribution < -0.4 is 10.2 Å². The van der Waals surface area contributed by atoms with E-state index in [1.807, 2.05) is 30.6 Å². The van der Waals surface area contributed by atoms with Crippen LogP contribution >= 0.6 is 11.3 Å². The third kappa shape index (κ3) is 4.97. The molecular formula is C21H25N7O2S. The highest BCUT2D eigenvalue weighted by Crippen LogP contribution is 2.23. The molecule has 1 amide bonds. The summed E-state index contributed by atoms with van der Waals surface area (Å²) in [5.41, 5.74) is 3.04. The van der Waals surface area contributed by atoms with Crippen LogP contribution in [0.4, 0.5) is 10.8 Å². The Morgan fingerprint density at radius 1 is 1.16 bits per heavy atom. The number of amides is 1. The van der Waals surface area contributed by atoms with Crippen LogP contribution in [0.25, 0.3) is 5.82 Å². The van der Waals surface area contributed by atoms with Gasteiger partial charge in [0.05, 0.1) is 17.1 Å². The number of hydrogen-bond donors (Lipinski definition) is 1. The first-order valence-corrected chi connectivity index (χ1v) is 11.1. The molecule has 4 rings (SSSR count). The maximum atomic E-state index is 11.7.